The molecule has 2 rings (SSSR count). The number of thiophene rings is 1. The molecule has 0 bridgehead atoms. The van der Waals surface area contributed by atoms with Gasteiger partial charge in [0.1, 0.15) is 0 Å². The van der Waals surface area contributed by atoms with Crippen molar-refractivity contribution >= 4 is 11.3 Å². The summed E-state index contributed by atoms with van der Waals surface area (Å²) in [4.78, 5) is 2.83. The van der Waals surface area contributed by atoms with E-state index in [0.717, 1.165) is 25.7 Å². The molecule has 3 heteroatoms. The van der Waals surface area contributed by atoms with Crippen molar-refractivity contribution in [2.75, 3.05) is 0 Å². The van der Waals surface area contributed by atoms with Gasteiger partial charge >= 0.3 is 0 Å². The van der Waals surface area contributed by atoms with Gasteiger partial charge in [0, 0.05) is 21.8 Å². The van der Waals surface area contributed by atoms with Gasteiger partial charge in [0.05, 0.1) is 6.10 Å². The number of aliphatic hydroxyl groups is 1. The third-order valence-electron chi connectivity index (χ3n) is 3.40. The van der Waals surface area contributed by atoms with E-state index in [1.807, 2.05) is 11.3 Å². The van der Waals surface area contributed by atoms with E-state index in [0.29, 0.717) is 12.1 Å². The van der Waals surface area contributed by atoms with Gasteiger partial charge in [-0.15, -0.1) is 11.3 Å². The predicted molar refractivity (Wildman–Crippen MR) is 68.9 cm³/mol. The van der Waals surface area contributed by atoms with Crippen LogP contribution in [0.15, 0.2) is 12.1 Å². The highest BCUT2D eigenvalue weighted by Crippen LogP contribution is 2.26. The van der Waals surface area contributed by atoms with Crippen molar-refractivity contribution in [3.63, 3.8) is 0 Å². The van der Waals surface area contributed by atoms with Gasteiger partial charge in [-0.25, -0.2) is 0 Å². The summed E-state index contributed by atoms with van der Waals surface area (Å²) in [5.41, 5.74) is 0. The first-order valence-corrected chi connectivity index (χ1v) is 7.05. The lowest BCUT2D eigenvalue weighted by Gasteiger charge is -2.21. The maximum atomic E-state index is 9.78. The molecule has 1 aromatic heterocycles. The Hall–Kier alpha value is -0.380. The van der Waals surface area contributed by atoms with E-state index < -0.39 is 0 Å². The van der Waals surface area contributed by atoms with E-state index in [-0.39, 0.29) is 6.10 Å². The van der Waals surface area contributed by atoms with E-state index in [2.05, 4.69) is 31.3 Å². The van der Waals surface area contributed by atoms with Crippen LogP contribution in [-0.2, 0) is 6.42 Å². The third kappa shape index (κ3) is 2.65. The van der Waals surface area contributed by atoms with Crippen molar-refractivity contribution in [3.05, 3.63) is 21.9 Å². The molecule has 0 radical (unpaired) electrons. The van der Waals surface area contributed by atoms with E-state index in [1.165, 1.54) is 9.75 Å². The molecule has 3 unspecified atom stereocenters. The molecular formula is C13H21NOS. The highest BCUT2D eigenvalue weighted by molar-refractivity contribution is 7.12. The summed E-state index contributed by atoms with van der Waals surface area (Å²) in [6.07, 6.45) is 4.18. The highest BCUT2D eigenvalue weighted by Gasteiger charge is 2.26. The summed E-state index contributed by atoms with van der Waals surface area (Å²) < 4.78 is 0. The van der Waals surface area contributed by atoms with E-state index in [1.54, 1.807) is 0 Å². The molecule has 2 N–H and O–H groups in total. The van der Waals surface area contributed by atoms with Crippen LogP contribution in [0.2, 0.25) is 0 Å². The van der Waals surface area contributed by atoms with Crippen molar-refractivity contribution < 1.29 is 5.11 Å². The third-order valence-corrected chi connectivity index (χ3v) is 4.81. The lowest BCUT2D eigenvalue weighted by molar-refractivity contribution is 0.144. The predicted octanol–water partition coefficient (Wildman–Crippen LogP) is 2.87. The zero-order valence-electron chi connectivity index (χ0n) is 10.1. The van der Waals surface area contributed by atoms with Crippen LogP contribution in [0.4, 0.5) is 0 Å². The Bertz CT molecular complexity index is 336. The molecule has 90 valence electrons. The molecular weight excluding hydrogens is 218 g/mol. The van der Waals surface area contributed by atoms with Crippen LogP contribution in [0.5, 0.6) is 0 Å². The monoisotopic (exact) mass is 239 g/mol. The molecule has 2 nitrogen and oxygen atoms in total. The Balaban J connectivity index is 1.94. The zero-order valence-corrected chi connectivity index (χ0v) is 10.9. The molecule has 0 amide bonds. The van der Waals surface area contributed by atoms with Crippen molar-refractivity contribution in [2.24, 2.45) is 0 Å². The second-order valence-corrected chi connectivity index (χ2v) is 5.85. The summed E-state index contributed by atoms with van der Waals surface area (Å²) in [6, 6.07) is 5.08. The minimum atomic E-state index is -0.145. The lowest BCUT2D eigenvalue weighted by atomic mass is 10.1. The Kier molecular flexibility index (Phi) is 4.00. The SMILES string of the molecule is CCc1ccc(C(C)NC2CCCC2O)s1. The highest BCUT2D eigenvalue weighted by atomic mass is 32.1. The maximum Gasteiger partial charge on any atom is 0.0693 e. The number of aryl methyl sites for hydroxylation is 1. The second kappa shape index (κ2) is 5.30. The smallest absolute Gasteiger partial charge is 0.0693 e. The average molecular weight is 239 g/mol. The molecule has 0 saturated heterocycles. The van der Waals surface area contributed by atoms with Crippen molar-refractivity contribution in [1.82, 2.24) is 5.32 Å². The molecule has 1 saturated carbocycles. The minimum Gasteiger partial charge on any atom is -0.392 e. The fourth-order valence-electron chi connectivity index (χ4n) is 2.36. The van der Waals surface area contributed by atoms with Crippen molar-refractivity contribution in [3.8, 4) is 0 Å². The zero-order chi connectivity index (χ0) is 11.5. The maximum absolute atomic E-state index is 9.78. The van der Waals surface area contributed by atoms with Gasteiger partial charge in [-0.2, -0.15) is 0 Å². The molecule has 1 aliphatic rings. The normalized spacial score (nSPS) is 27.2. The second-order valence-electron chi connectivity index (χ2n) is 4.65. The molecule has 1 aromatic rings. The van der Waals surface area contributed by atoms with E-state index in [4.69, 9.17) is 0 Å². The summed E-state index contributed by atoms with van der Waals surface area (Å²) in [6.45, 7) is 4.38. The summed E-state index contributed by atoms with van der Waals surface area (Å²) >= 11 is 1.88. The topological polar surface area (TPSA) is 32.3 Å². The van der Waals surface area contributed by atoms with Crippen molar-refractivity contribution in [2.45, 2.75) is 57.7 Å². The Morgan fingerprint density at radius 2 is 2.31 bits per heavy atom. The van der Waals surface area contributed by atoms with Crippen LogP contribution >= 0.6 is 11.3 Å². The molecule has 1 heterocycles. The largest absolute Gasteiger partial charge is 0.392 e. The van der Waals surface area contributed by atoms with Crippen LogP contribution in [0.3, 0.4) is 0 Å². The Labute approximate surface area is 102 Å². The Morgan fingerprint density at radius 1 is 1.50 bits per heavy atom. The first-order valence-electron chi connectivity index (χ1n) is 6.23. The molecule has 0 spiro atoms. The quantitative estimate of drug-likeness (QED) is 0.847. The molecule has 1 fully saturated rings. The number of aliphatic hydroxyl groups excluding tert-OH is 1. The van der Waals surface area contributed by atoms with Gasteiger partial charge < -0.3 is 10.4 Å². The van der Waals surface area contributed by atoms with Crippen LogP contribution in [0.25, 0.3) is 0 Å². The van der Waals surface area contributed by atoms with Crippen molar-refractivity contribution in [1.29, 1.82) is 0 Å². The van der Waals surface area contributed by atoms with Crippen LogP contribution in [0.1, 0.15) is 48.9 Å². The lowest BCUT2D eigenvalue weighted by Crippen LogP contribution is -2.36. The van der Waals surface area contributed by atoms with Crippen LogP contribution in [0, 0.1) is 0 Å². The number of nitrogens with one attached hydrogen (secondary N) is 1. The fourth-order valence-corrected chi connectivity index (χ4v) is 3.32. The minimum absolute atomic E-state index is 0.145. The summed E-state index contributed by atoms with van der Waals surface area (Å²) in [7, 11) is 0. The summed E-state index contributed by atoms with van der Waals surface area (Å²) in [5, 5.41) is 13.3. The van der Waals surface area contributed by atoms with Gasteiger partial charge in [-0.05, 0) is 44.7 Å². The van der Waals surface area contributed by atoms with Gasteiger partial charge in [-0.1, -0.05) is 6.92 Å². The molecule has 16 heavy (non-hydrogen) atoms. The van der Waals surface area contributed by atoms with Gasteiger partial charge in [-0.3, -0.25) is 0 Å². The fraction of sp³-hybridized carbons (Fsp3) is 0.692. The van der Waals surface area contributed by atoms with Gasteiger partial charge in [0.25, 0.3) is 0 Å². The first kappa shape index (κ1) is 12.1. The number of hydrogen-bond acceptors (Lipinski definition) is 3. The molecule has 0 aromatic carbocycles. The first-order chi connectivity index (χ1) is 7.70. The van der Waals surface area contributed by atoms with Gasteiger partial charge in [0.2, 0.25) is 0 Å². The molecule has 0 aliphatic heterocycles. The standard InChI is InChI=1S/C13H21NOS/c1-3-10-7-8-13(16-10)9(2)14-11-5-4-6-12(11)15/h7-9,11-12,14-15H,3-6H2,1-2H3. The van der Waals surface area contributed by atoms with Crippen LogP contribution in [-0.4, -0.2) is 17.3 Å². The van der Waals surface area contributed by atoms with Crippen LogP contribution < -0.4 is 5.32 Å². The van der Waals surface area contributed by atoms with Gasteiger partial charge in [0.15, 0.2) is 0 Å². The van der Waals surface area contributed by atoms with E-state index >= 15 is 0 Å². The number of rotatable bonds is 4. The number of hydrogen-bond donors (Lipinski definition) is 2. The molecule has 1 aliphatic carbocycles. The molecule has 3 atom stereocenters. The average Bonchev–Trinajstić information content (AvgIpc) is 2.88. The Morgan fingerprint density at radius 3 is 2.88 bits per heavy atom. The summed E-state index contributed by atoms with van der Waals surface area (Å²) in [5.74, 6) is 0. The van der Waals surface area contributed by atoms with E-state index in [9.17, 15) is 5.11 Å².